The molecule has 1 N–H and O–H groups in total. The molecule has 1 heterocycles. The van der Waals surface area contributed by atoms with E-state index < -0.39 is 0 Å². The number of carbonyl (C=O) groups excluding carboxylic acids is 1. The second kappa shape index (κ2) is 7.23. The molecule has 0 aliphatic rings. The van der Waals surface area contributed by atoms with Crippen molar-refractivity contribution in [3.8, 4) is 11.4 Å². The van der Waals surface area contributed by atoms with Gasteiger partial charge >= 0.3 is 0 Å². The minimum absolute atomic E-state index is 0.00470. The summed E-state index contributed by atoms with van der Waals surface area (Å²) in [6.45, 7) is 1.90. The third-order valence-corrected chi connectivity index (χ3v) is 3.73. The van der Waals surface area contributed by atoms with Crippen molar-refractivity contribution in [2.75, 3.05) is 0 Å². The number of nitrogens with one attached hydrogen (secondary N) is 1. The highest BCUT2D eigenvalue weighted by Gasteiger charge is 2.12. The zero-order chi connectivity index (χ0) is 16.9. The second-order valence-electron chi connectivity index (χ2n) is 5.35. The fraction of sp³-hybridized carbons (Fsp3) is 0.176. The van der Waals surface area contributed by atoms with E-state index in [1.807, 2.05) is 55.5 Å². The van der Waals surface area contributed by atoms with E-state index in [2.05, 4.69) is 20.7 Å². The molecule has 1 amide bonds. The molecule has 0 bridgehead atoms. The third-order valence-electron chi connectivity index (χ3n) is 3.50. The lowest BCUT2D eigenvalue weighted by Crippen LogP contribution is -2.30. The lowest BCUT2D eigenvalue weighted by molar-refractivity contribution is -0.122. The SMILES string of the molecule is C[C@H](NC(=O)Cn1nnc(-c2ccccc2)n1)c1cccc(Cl)c1. The van der Waals surface area contributed by atoms with E-state index in [4.69, 9.17) is 11.6 Å². The molecule has 2 aromatic carbocycles. The van der Waals surface area contributed by atoms with Gasteiger partial charge in [0.25, 0.3) is 0 Å². The Morgan fingerprint density at radius 3 is 2.75 bits per heavy atom. The van der Waals surface area contributed by atoms with Crippen LogP contribution in [-0.2, 0) is 11.3 Å². The molecular weight excluding hydrogens is 326 g/mol. The Labute approximate surface area is 144 Å². The highest BCUT2D eigenvalue weighted by Crippen LogP contribution is 2.17. The molecule has 6 nitrogen and oxygen atoms in total. The Balaban J connectivity index is 1.62. The molecule has 0 saturated carbocycles. The molecule has 24 heavy (non-hydrogen) atoms. The lowest BCUT2D eigenvalue weighted by Gasteiger charge is -2.14. The summed E-state index contributed by atoms with van der Waals surface area (Å²) in [4.78, 5) is 13.4. The highest BCUT2D eigenvalue weighted by atomic mass is 35.5. The van der Waals surface area contributed by atoms with Crippen molar-refractivity contribution in [3.63, 3.8) is 0 Å². The van der Waals surface area contributed by atoms with Crippen molar-refractivity contribution in [3.05, 3.63) is 65.2 Å². The van der Waals surface area contributed by atoms with E-state index in [0.717, 1.165) is 11.1 Å². The van der Waals surface area contributed by atoms with Gasteiger partial charge in [-0.05, 0) is 29.8 Å². The van der Waals surface area contributed by atoms with E-state index in [9.17, 15) is 4.79 Å². The van der Waals surface area contributed by atoms with Crippen molar-refractivity contribution >= 4 is 17.5 Å². The summed E-state index contributed by atoms with van der Waals surface area (Å²) in [6.07, 6.45) is 0. The summed E-state index contributed by atoms with van der Waals surface area (Å²) in [5.74, 6) is 0.297. The van der Waals surface area contributed by atoms with Gasteiger partial charge in [-0.25, -0.2) is 0 Å². The van der Waals surface area contributed by atoms with Gasteiger partial charge in [-0.1, -0.05) is 54.1 Å². The van der Waals surface area contributed by atoms with Crippen LogP contribution in [0.2, 0.25) is 5.02 Å². The van der Waals surface area contributed by atoms with Gasteiger partial charge in [-0.2, -0.15) is 4.80 Å². The number of tetrazole rings is 1. The van der Waals surface area contributed by atoms with E-state index in [1.54, 1.807) is 6.07 Å². The molecule has 0 aliphatic heterocycles. The van der Waals surface area contributed by atoms with Gasteiger partial charge in [0.15, 0.2) is 0 Å². The van der Waals surface area contributed by atoms with Crippen LogP contribution >= 0.6 is 11.6 Å². The maximum atomic E-state index is 12.2. The zero-order valence-corrected chi connectivity index (χ0v) is 13.8. The van der Waals surface area contributed by atoms with Crippen LogP contribution < -0.4 is 5.32 Å². The summed E-state index contributed by atoms with van der Waals surface area (Å²) in [6, 6.07) is 16.7. The van der Waals surface area contributed by atoms with Gasteiger partial charge in [0.05, 0.1) is 6.04 Å². The molecule has 1 aromatic heterocycles. The third kappa shape index (κ3) is 3.97. The van der Waals surface area contributed by atoms with Crippen LogP contribution in [-0.4, -0.2) is 26.1 Å². The van der Waals surface area contributed by atoms with E-state index in [-0.39, 0.29) is 18.5 Å². The van der Waals surface area contributed by atoms with Gasteiger partial charge in [-0.3, -0.25) is 4.79 Å². The Morgan fingerprint density at radius 2 is 2.00 bits per heavy atom. The first-order valence-corrected chi connectivity index (χ1v) is 7.87. The molecule has 0 aliphatic carbocycles. The molecule has 3 aromatic rings. The fourth-order valence-electron chi connectivity index (χ4n) is 2.29. The van der Waals surface area contributed by atoms with Gasteiger partial charge in [0.2, 0.25) is 11.7 Å². The van der Waals surface area contributed by atoms with Crippen LogP contribution in [0.3, 0.4) is 0 Å². The minimum atomic E-state index is -0.195. The number of halogens is 1. The van der Waals surface area contributed by atoms with E-state index in [0.29, 0.717) is 10.8 Å². The first-order valence-electron chi connectivity index (χ1n) is 7.50. The van der Waals surface area contributed by atoms with Crippen molar-refractivity contribution in [1.29, 1.82) is 0 Å². The highest BCUT2D eigenvalue weighted by molar-refractivity contribution is 6.30. The predicted molar refractivity (Wildman–Crippen MR) is 91.3 cm³/mol. The van der Waals surface area contributed by atoms with Crippen LogP contribution in [0.15, 0.2) is 54.6 Å². The molecule has 7 heteroatoms. The Hall–Kier alpha value is -2.73. The molecule has 0 saturated heterocycles. The fourth-order valence-corrected chi connectivity index (χ4v) is 2.49. The summed E-state index contributed by atoms with van der Waals surface area (Å²) in [5.41, 5.74) is 1.80. The number of benzene rings is 2. The normalized spacial score (nSPS) is 11.9. The summed E-state index contributed by atoms with van der Waals surface area (Å²) in [7, 11) is 0. The van der Waals surface area contributed by atoms with Crippen molar-refractivity contribution in [2.24, 2.45) is 0 Å². The number of hydrogen-bond donors (Lipinski definition) is 1. The molecule has 0 radical (unpaired) electrons. The summed E-state index contributed by atoms with van der Waals surface area (Å²) in [5, 5.41) is 15.7. The maximum Gasteiger partial charge on any atom is 0.244 e. The van der Waals surface area contributed by atoms with Gasteiger partial charge in [0, 0.05) is 10.6 Å². The number of nitrogens with zero attached hydrogens (tertiary/aromatic N) is 4. The Bertz CT molecular complexity index is 834. The molecule has 1 atom stereocenters. The van der Waals surface area contributed by atoms with E-state index in [1.165, 1.54) is 4.80 Å². The largest absolute Gasteiger partial charge is 0.348 e. The smallest absolute Gasteiger partial charge is 0.244 e. The number of carbonyl (C=O) groups is 1. The van der Waals surface area contributed by atoms with E-state index >= 15 is 0 Å². The molecule has 0 spiro atoms. The number of aromatic nitrogens is 4. The number of amides is 1. The van der Waals surface area contributed by atoms with Crippen molar-refractivity contribution in [1.82, 2.24) is 25.5 Å². The first-order chi connectivity index (χ1) is 11.6. The van der Waals surface area contributed by atoms with Crippen LogP contribution in [0.4, 0.5) is 0 Å². The number of rotatable bonds is 5. The molecule has 122 valence electrons. The molecular formula is C17H16ClN5O. The Kier molecular flexibility index (Phi) is 4.86. The molecule has 3 rings (SSSR count). The monoisotopic (exact) mass is 341 g/mol. The van der Waals surface area contributed by atoms with Crippen LogP contribution in [0.25, 0.3) is 11.4 Å². The second-order valence-corrected chi connectivity index (χ2v) is 5.79. The molecule has 0 unspecified atom stereocenters. The summed E-state index contributed by atoms with van der Waals surface area (Å²) >= 11 is 5.97. The topological polar surface area (TPSA) is 72.7 Å². The van der Waals surface area contributed by atoms with Gasteiger partial charge in [-0.15, -0.1) is 10.2 Å². The van der Waals surface area contributed by atoms with Crippen molar-refractivity contribution in [2.45, 2.75) is 19.5 Å². The Morgan fingerprint density at radius 1 is 1.21 bits per heavy atom. The summed E-state index contributed by atoms with van der Waals surface area (Å²) < 4.78 is 0. The average molecular weight is 342 g/mol. The average Bonchev–Trinajstić information content (AvgIpc) is 3.04. The minimum Gasteiger partial charge on any atom is -0.348 e. The van der Waals surface area contributed by atoms with Crippen LogP contribution in [0, 0.1) is 0 Å². The molecule has 0 fully saturated rings. The van der Waals surface area contributed by atoms with Crippen molar-refractivity contribution < 1.29 is 4.79 Å². The predicted octanol–water partition coefficient (Wildman–Crippen LogP) is 2.87. The zero-order valence-electron chi connectivity index (χ0n) is 13.1. The quantitative estimate of drug-likeness (QED) is 0.774. The van der Waals surface area contributed by atoms with Crippen LogP contribution in [0.5, 0.6) is 0 Å². The number of hydrogen-bond acceptors (Lipinski definition) is 4. The first kappa shape index (κ1) is 16.1. The van der Waals surface area contributed by atoms with Gasteiger partial charge in [0.1, 0.15) is 6.54 Å². The maximum absolute atomic E-state index is 12.2. The van der Waals surface area contributed by atoms with Gasteiger partial charge < -0.3 is 5.32 Å². The lowest BCUT2D eigenvalue weighted by atomic mass is 10.1. The standard InChI is InChI=1S/C17H16ClN5O/c1-12(14-8-5-9-15(18)10-14)19-16(24)11-23-21-17(20-22-23)13-6-3-2-4-7-13/h2-10,12H,11H2,1H3,(H,19,24)/t12-/m0/s1. The van der Waals surface area contributed by atoms with Crippen LogP contribution in [0.1, 0.15) is 18.5 Å².